The molecule has 1 saturated heterocycles. The number of rotatable bonds is 4. The lowest BCUT2D eigenvalue weighted by Gasteiger charge is -2.26. The van der Waals surface area contributed by atoms with E-state index in [2.05, 4.69) is 31.2 Å². The van der Waals surface area contributed by atoms with Crippen LogP contribution in [0.4, 0.5) is 11.6 Å². The van der Waals surface area contributed by atoms with Crippen LogP contribution in [0.3, 0.4) is 0 Å². The molecule has 0 radical (unpaired) electrons. The summed E-state index contributed by atoms with van der Waals surface area (Å²) in [4.78, 5) is 23.2. The number of morpholine rings is 1. The molecule has 1 N–H and O–H groups in total. The van der Waals surface area contributed by atoms with E-state index in [1.54, 1.807) is 36.4 Å². The predicted octanol–water partition coefficient (Wildman–Crippen LogP) is 4.27. The highest BCUT2D eigenvalue weighted by molar-refractivity contribution is 9.10. The van der Waals surface area contributed by atoms with Crippen molar-refractivity contribution >= 4 is 56.0 Å². The van der Waals surface area contributed by atoms with Crippen molar-refractivity contribution in [3.8, 4) is 5.75 Å². The molecule has 1 fully saturated rings. The van der Waals surface area contributed by atoms with Crippen molar-refractivity contribution in [2.45, 2.75) is 0 Å². The van der Waals surface area contributed by atoms with E-state index in [4.69, 9.17) is 21.1 Å². The molecule has 0 unspecified atom stereocenters. The zero-order valence-corrected chi connectivity index (χ0v) is 18.0. The standard InChI is InChI=1S/C20H18BrClN4O3/c1-28-18-15(21)10-16(22)14-11-23-20(25-17(14)18)24-13-4-2-12(3-5-13)19(27)26-6-8-29-9-7-26/h2-5,10-11H,6-9H2,1H3,(H,23,24,25). The SMILES string of the molecule is COc1c(Br)cc(Cl)c2cnc(Nc3ccc(C(=O)N4CCOCC4)cc3)nc12. The van der Waals surface area contributed by atoms with Gasteiger partial charge in [0.2, 0.25) is 5.95 Å². The number of fused-ring (bicyclic) bond motifs is 1. The van der Waals surface area contributed by atoms with Crippen LogP contribution < -0.4 is 10.1 Å². The number of halogens is 2. The van der Waals surface area contributed by atoms with E-state index in [-0.39, 0.29) is 5.91 Å². The first-order valence-electron chi connectivity index (χ1n) is 8.99. The number of anilines is 2. The van der Waals surface area contributed by atoms with Crippen molar-refractivity contribution in [1.82, 2.24) is 14.9 Å². The first-order chi connectivity index (χ1) is 14.1. The minimum Gasteiger partial charge on any atom is -0.493 e. The maximum atomic E-state index is 12.5. The second-order valence-corrected chi connectivity index (χ2v) is 7.70. The van der Waals surface area contributed by atoms with Gasteiger partial charge >= 0.3 is 0 Å². The van der Waals surface area contributed by atoms with Crippen molar-refractivity contribution in [2.75, 3.05) is 38.7 Å². The lowest BCUT2D eigenvalue weighted by atomic mass is 10.1. The maximum absolute atomic E-state index is 12.5. The molecule has 150 valence electrons. The molecule has 0 atom stereocenters. The summed E-state index contributed by atoms with van der Waals surface area (Å²) in [5, 5.41) is 4.38. The van der Waals surface area contributed by atoms with Crippen LogP contribution in [0.15, 0.2) is 41.0 Å². The molecule has 0 spiro atoms. The van der Waals surface area contributed by atoms with E-state index in [0.29, 0.717) is 64.0 Å². The molecule has 0 saturated carbocycles. The largest absolute Gasteiger partial charge is 0.493 e. The van der Waals surface area contributed by atoms with Gasteiger partial charge in [-0.1, -0.05) is 11.6 Å². The van der Waals surface area contributed by atoms with Crippen molar-refractivity contribution < 1.29 is 14.3 Å². The second-order valence-electron chi connectivity index (χ2n) is 6.44. The molecule has 0 aliphatic carbocycles. The lowest BCUT2D eigenvalue weighted by molar-refractivity contribution is 0.0303. The Hall–Kier alpha value is -2.42. The molecule has 4 rings (SSSR count). The fraction of sp³-hybridized carbons (Fsp3) is 0.250. The summed E-state index contributed by atoms with van der Waals surface area (Å²) in [6, 6.07) is 8.98. The number of benzene rings is 2. The van der Waals surface area contributed by atoms with E-state index < -0.39 is 0 Å². The summed E-state index contributed by atoms with van der Waals surface area (Å²) in [6.07, 6.45) is 1.65. The molecular weight excluding hydrogens is 460 g/mol. The highest BCUT2D eigenvalue weighted by atomic mass is 79.9. The quantitative estimate of drug-likeness (QED) is 0.605. The Bertz CT molecular complexity index is 1060. The highest BCUT2D eigenvalue weighted by Crippen LogP contribution is 2.37. The molecule has 7 nitrogen and oxygen atoms in total. The first-order valence-corrected chi connectivity index (χ1v) is 10.2. The van der Waals surface area contributed by atoms with Crippen molar-refractivity contribution in [3.05, 3.63) is 51.6 Å². The van der Waals surface area contributed by atoms with Gasteiger partial charge in [0.15, 0.2) is 5.75 Å². The Morgan fingerprint density at radius 2 is 2.00 bits per heavy atom. The fourth-order valence-corrected chi connectivity index (χ4v) is 4.08. The molecule has 1 aliphatic rings. The van der Waals surface area contributed by atoms with Crippen LogP contribution in [0.5, 0.6) is 5.75 Å². The van der Waals surface area contributed by atoms with E-state index in [1.807, 2.05) is 12.1 Å². The lowest BCUT2D eigenvalue weighted by Crippen LogP contribution is -2.40. The molecule has 1 aliphatic heterocycles. The van der Waals surface area contributed by atoms with Crippen LogP contribution in [-0.2, 0) is 4.74 Å². The van der Waals surface area contributed by atoms with Crippen molar-refractivity contribution in [3.63, 3.8) is 0 Å². The van der Waals surface area contributed by atoms with Gasteiger partial charge in [0, 0.05) is 35.9 Å². The van der Waals surface area contributed by atoms with Crippen LogP contribution in [0, 0.1) is 0 Å². The second kappa shape index (κ2) is 8.52. The Morgan fingerprint density at radius 3 is 2.69 bits per heavy atom. The van der Waals surface area contributed by atoms with Crippen LogP contribution in [-0.4, -0.2) is 54.2 Å². The first kappa shape index (κ1) is 19.9. The number of aromatic nitrogens is 2. The molecule has 1 amide bonds. The fourth-order valence-electron chi connectivity index (χ4n) is 3.13. The van der Waals surface area contributed by atoms with E-state index >= 15 is 0 Å². The van der Waals surface area contributed by atoms with Crippen molar-refractivity contribution in [2.24, 2.45) is 0 Å². The summed E-state index contributed by atoms with van der Waals surface area (Å²) < 4.78 is 11.5. The number of ether oxygens (including phenoxy) is 2. The number of methoxy groups -OCH3 is 1. The summed E-state index contributed by atoms with van der Waals surface area (Å²) >= 11 is 9.73. The smallest absolute Gasteiger partial charge is 0.254 e. The molecule has 9 heteroatoms. The zero-order chi connectivity index (χ0) is 20.4. The summed E-state index contributed by atoms with van der Waals surface area (Å²) in [6.45, 7) is 2.38. The number of hydrogen-bond donors (Lipinski definition) is 1. The van der Waals surface area contributed by atoms with Gasteiger partial charge in [0.25, 0.3) is 5.91 Å². The number of nitrogens with zero attached hydrogens (tertiary/aromatic N) is 3. The summed E-state index contributed by atoms with van der Waals surface area (Å²) in [7, 11) is 1.58. The topological polar surface area (TPSA) is 76.6 Å². The van der Waals surface area contributed by atoms with Gasteiger partial charge < -0.3 is 19.7 Å². The average Bonchev–Trinajstić information content (AvgIpc) is 2.74. The van der Waals surface area contributed by atoms with Crippen molar-refractivity contribution in [1.29, 1.82) is 0 Å². The van der Waals surface area contributed by atoms with Crippen LogP contribution in [0.1, 0.15) is 10.4 Å². The van der Waals surface area contributed by atoms with Crippen LogP contribution in [0.25, 0.3) is 10.9 Å². The third-order valence-corrected chi connectivity index (χ3v) is 5.52. The van der Waals surface area contributed by atoms with Gasteiger partial charge in [-0.2, -0.15) is 0 Å². The van der Waals surface area contributed by atoms with Gasteiger partial charge in [-0.25, -0.2) is 9.97 Å². The number of hydrogen-bond acceptors (Lipinski definition) is 6. The Labute approximate surface area is 181 Å². The summed E-state index contributed by atoms with van der Waals surface area (Å²) in [5.74, 6) is 0.990. The van der Waals surface area contributed by atoms with Gasteiger partial charge in [0.05, 0.1) is 29.8 Å². The monoisotopic (exact) mass is 476 g/mol. The molecule has 0 bridgehead atoms. The third kappa shape index (κ3) is 4.14. The highest BCUT2D eigenvalue weighted by Gasteiger charge is 2.18. The van der Waals surface area contributed by atoms with Gasteiger partial charge in [-0.15, -0.1) is 0 Å². The predicted molar refractivity (Wildman–Crippen MR) is 115 cm³/mol. The van der Waals surface area contributed by atoms with Crippen LogP contribution >= 0.6 is 27.5 Å². The molecule has 3 aromatic rings. The average molecular weight is 478 g/mol. The maximum Gasteiger partial charge on any atom is 0.254 e. The van der Waals surface area contributed by atoms with E-state index in [0.717, 1.165) is 5.69 Å². The van der Waals surface area contributed by atoms with Gasteiger partial charge in [-0.05, 0) is 46.3 Å². The summed E-state index contributed by atoms with van der Waals surface area (Å²) in [5.41, 5.74) is 2.00. The van der Waals surface area contributed by atoms with E-state index in [1.165, 1.54) is 0 Å². The number of carbonyl (C=O) groups is 1. The Kier molecular flexibility index (Phi) is 5.84. The Balaban J connectivity index is 1.56. The zero-order valence-electron chi connectivity index (χ0n) is 15.6. The minimum absolute atomic E-state index is 0.00559. The third-order valence-electron chi connectivity index (χ3n) is 4.62. The molecule has 1 aromatic heterocycles. The number of nitrogens with one attached hydrogen (secondary N) is 1. The number of amides is 1. The molecule has 2 heterocycles. The number of carbonyl (C=O) groups excluding carboxylic acids is 1. The van der Waals surface area contributed by atoms with Gasteiger partial charge in [-0.3, -0.25) is 4.79 Å². The minimum atomic E-state index is 0.00559. The molecule has 29 heavy (non-hydrogen) atoms. The van der Waals surface area contributed by atoms with Crippen LogP contribution in [0.2, 0.25) is 5.02 Å². The van der Waals surface area contributed by atoms with E-state index in [9.17, 15) is 4.79 Å². The normalized spacial score (nSPS) is 14.1. The Morgan fingerprint density at radius 1 is 1.28 bits per heavy atom. The molecule has 2 aromatic carbocycles. The molecular formula is C20H18BrClN4O3. The van der Waals surface area contributed by atoms with Gasteiger partial charge in [0.1, 0.15) is 5.52 Å².